The van der Waals surface area contributed by atoms with Crippen molar-refractivity contribution in [2.24, 2.45) is 5.92 Å². The Balaban J connectivity index is 2.38. The van der Waals surface area contributed by atoms with Crippen LogP contribution in [0.5, 0.6) is 0 Å². The number of nitrogens with one attached hydrogen (secondary N) is 1. The van der Waals surface area contributed by atoms with Crippen LogP contribution >= 0.6 is 0 Å². The summed E-state index contributed by atoms with van der Waals surface area (Å²) in [6, 6.07) is 0. The number of carbonyl (C=O) groups excluding carboxylic acids is 2. The molecule has 0 radical (unpaired) electrons. The molecule has 1 rings (SSSR count). The van der Waals surface area contributed by atoms with E-state index in [0.29, 0.717) is 12.8 Å². The van der Waals surface area contributed by atoms with E-state index in [2.05, 4.69) is 5.32 Å². The van der Waals surface area contributed by atoms with Crippen molar-refractivity contribution < 1.29 is 14.3 Å². The Labute approximate surface area is 77.6 Å². The second-order valence-electron chi connectivity index (χ2n) is 3.76. The Bertz CT molecular complexity index is 231. The summed E-state index contributed by atoms with van der Waals surface area (Å²) in [7, 11) is 1.61. The molecule has 0 aromatic heterocycles. The van der Waals surface area contributed by atoms with Crippen LogP contribution in [-0.2, 0) is 14.3 Å². The molecule has 1 amide bonds. The van der Waals surface area contributed by atoms with Gasteiger partial charge in [0, 0.05) is 19.9 Å². The summed E-state index contributed by atoms with van der Waals surface area (Å²) in [6.45, 7) is 3.24. The van der Waals surface area contributed by atoms with Crippen molar-refractivity contribution in [2.75, 3.05) is 7.05 Å². The van der Waals surface area contributed by atoms with Crippen LogP contribution in [0.4, 0.5) is 0 Å². The van der Waals surface area contributed by atoms with Gasteiger partial charge in [0.2, 0.25) is 5.91 Å². The molecule has 0 heterocycles. The largest absolute Gasteiger partial charge is 0.460 e. The van der Waals surface area contributed by atoms with Gasteiger partial charge in [-0.2, -0.15) is 0 Å². The fourth-order valence-corrected chi connectivity index (χ4v) is 1.80. The predicted octanol–water partition coefficient (Wildman–Crippen LogP) is 0.464. The Morgan fingerprint density at radius 2 is 2.00 bits per heavy atom. The first-order valence-corrected chi connectivity index (χ1v) is 4.38. The molecule has 1 fully saturated rings. The van der Waals surface area contributed by atoms with Crippen molar-refractivity contribution in [3.63, 3.8) is 0 Å². The van der Waals surface area contributed by atoms with E-state index in [0.717, 1.165) is 0 Å². The van der Waals surface area contributed by atoms with Crippen LogP contribution in [0.3, 0.4) is 0 Å². The van der Waals surface area contributed by atoms with E-state index in [4.69, 9.17) is 4.74 Å². The van der Waals surface area contributed by atoms with Crippen molar-refractivity contribution in [3.05, 3.63) is 0 Å². The standard InChI is InChI=1S/C9H15NO3/c1-6(11)13-9(2)4-7(5-9)8(12)10-3/h7H,4-5H2,1-3H3,(H,10,12). The van der Waals surface area contributed by atoms with Gasteiger partial charge in [0.05, 0.1) is 0 Å². The Kier molecular flexibility index (Phi) is 2.59. The lowest BCUT2D eigenvalue weighted by molar-refractivity contribution is -0.173. The molecule has 1 saturated carbocycles. The van der Waals surface area contributed by atoms with Gasteiger partial charge in [0.25, 0.3) is 0 Å². The molecule has 0 atom stereocenters. The zero-order chi connectivity index (χ0) is 10.1. The SMILES string of the molecule is CNC(=O)C1CC(C)(OC(C)=O)C1. The van der Waals surface area contributed by atoms with Crippen molar-refractivity contribution in [2.45, 2.75) is 32.3 Å². The maximum Gasteiger partial charge on any atom is 0.303 e. The molecule has 0 aromatic carbocycles. The number of amides is 1. The first kappa shape index (κ1) is 10.0. The minimum Gasteiger partial charge on any atom is -0.460 e. The quantitative estimate of drug-likeness (QED) is 0.636. The summed E-state index contributed by atoms with van der Waals surface area (Å²) in [6.07, 6.45) is 1.26. The molecule has 1 aliphatic carbocycles. The highest BCUT2D eigenvalue weighted by Gasteiger charge is 2.46. The molecule has 1 aliphatic rings. The Hall–Kier alpha value is -1.06. The molecule has 0 saturated heterocycles. The van der Waals surface area contributed by atoms with Crippen LogP contribution in [0.2, 0.25) is 0 Å². The first-order chi connectivity index (χ1) is 5.97. The maximum atomic E-state index is 11.1. The third-order valence-corrected chi connectivity index (χ3v) is 2.36. The van der Waals surface area contributed by atoms with Crippen LogP contribution in [-0.4, -0.2) is 24.5 Å². The van der Waals surface area contributed by atoms with Gasteiger partial charge in [0.15, 0.2) is 0 Å². The highest BCUT2D eigenvalue weighted by Crippen LogP contribution is 2.40. The van der Waals surface area contributed by atoms with Crippen LogP contribution in [0.1, 0.15) is 26.7 Å². The summed E-state index contributed by atoms with van der Waals surface area (Å²) >= 11 is 0. The number of ether oxygens (including phenoxy) is 1. The zero-order valence-corrected chi connectivity index (χ0v) is 8.22. The average molecular weight is 185 g/mol. The minimum absolute atomic E-state index is 0.00866. The Morgan fingerprint density at radius 3 is 2.38 bits per heavy atom. The summed E-state index contributed by atoms with van der Waals surface area (Å²) in [4.78, 5) is 21.8. The van der Waals surface area contributed by atoms with E-state index in [-0.39, 0.29) is 17.8 Å². The lowest BCUT2D eigenvalue weighted by Crippen LogP contribution is -2.50. The second kappa shape index (κ2) is 3.36. The van der Waals surface area contributed by atoms with Gasteiger partial charge in [-0.25, -0.2) is 0 Å². The fraction of sp³-hybridized carbons (Fsp3) is 0.778. The van der Waals surface area contributed by atoms with Gasteiger partial charge in [-0.1, -0.05) is 0 Å². The van der Waals surface area contributed by atoms with Gasteiger partial charge in [-0.15, -0.1) is 0 Å². The van der Waals surface area contributed by atoms with Gasteiger partial charge in [0.1, 0.15) is 5.60 Å². The van der Waals surface area contributed by atoms with E-state index in [1.807, 2.05) is 6.92 Å². The highest BCUT2D eigenvalue weighted by molar-refractivity contribution is 5.80. The number of esters is 1. The normalized spacial score (nSPS) is 31.8. The zero-order valence-electron chi connectivity index (χ0n) is 8.22. The lowest BCUT2D eigenvalue weighted by Gasteiger charge is -2.42. The van der Waals surface area contributed by atoms with E-state index in [1.54, 1.807) is 7.05 Å². The Morgan fingerprint density at radius 1 is 1.46 bits per heavy atom. The van der Waals surface area contributed by atoms with Crippen molar-refractivity contribution in [1.82, 2.24) is 5.32 Å². The fourth-order valence-electron chi connectivity index (χ4n) is 1.80. The van der Waals surface area contributed by atoms with Gasteiger partial charge >= 0.3 is 5.97 Å². The predicted molar refractivity (Wildman–Crippen MR) is 47.0 cm³/mol. The molecule has 1 N–H and O–H groups in total. The topological polar surface area (TPSA) is 55.4 Å². The van der Waals surface area contributed by atoms with Crippen LogP contribution in [0.15, 0.2) is 0 Å². The van der Waals surface area contributed by atoms with Gasteiger partial charge in [-0.05, 0) is 19.8 Å². The van der Waals surface area contributed by atoms with Crippen LogP contribution in [0.25, 0.3) is 0 Å². The van der Waals surface area contributed by atoms with Crippen molar-refractivity contribution in [3.8, 4) is 0 Å². The summed E-state index contributed by atoms with van der Waals surface area (Å²) in [5, 5.41) is 2.58. The molecule has 13 heavy (non-hydrogen) atoms. The van der Waals surface area contributed by atoms with Crippen molar-refractivity contribution >= 4 is 11.9 Å². The number of hydrogen-bond donors (Lipinski definition) is 1. The molecule has 4 heteroatoms. The second-order valence-corrected chi connectivity index (χ2v) is 3.76. The van der Waals surface area contributed by atoms with Crippen LogP contribution < -0.4 is 5.32 Å². The summed E-state index contributed by atoms with van der Waals surface area (Å²) < 4.78 is 5.08. The molecule has 0 aromatic rings. The van der Waals surface area contributed by atoms with E-state index in [9.17, 15) is 9.59 Å². The van der Waals surface area contributed by atoms with Gasteiger partial charge < -0.3 is 10.1 Å². The van der Waals surface area contributed by atoms with Gasteiger partial charge in [-0.3, -0.25) is 9.59 Å². The molecular weight excluding hydrogens is 170 g/mol. The molecule has 4 nitrogen and oxygen atoms in total. The number of carbonyl (C=O) groups is 2. The minimum atomic E-state index is -0.414. The molecule has 0 spiro atoms. The number of rotatable bonds is 2. The van der Waals surface area contributed by atoms with E-state index in [1.165, 1.54) is 6.92 Å². The third-order valence-electron chi connectivity index (χ3n) is 2.36. The molecule has 0 bridgehead atoms. The van der Waals surface area contributed by atoms with E-state index >= 15 is 0 Å². The lowest BCUT2D eigenvalue weighted by atomic mass is 9.71. The first-order valence-electron chi connectivity index (χ1n) is 4.38. The molecular formula is C9H15NO3. The summed E-state index contributed by atoms with van der Waals surface area (Å²) in [5.74, 6) is -0.239. The van der Waals surface area contributed by atoms with Crippen LogP contribution in [0, 0.1) is 5.92 Å². The third kappa shape index (κ3) is 2.20. The van der Waals surface area contributed by atoms with E-state index < -0.39 is 5.60 Å². The molecule has 74 valence electrons. The summed E-state index contributed by atoms with van der Waals surface area (Å²) in [5.41, 5.74) is -0.414. The monoisotopic (exact) mass is 185 g/mol. The highest BCUT2D eigenvalue weighted by atomic mass is 16.6. The average Bonchev–Trinajstić information content (AvgIpc) is 1.97. The molecule has 0 aliphatic heterocycles. The number of hydrogen-bond acceptors (Lipinski definition) is 3. The smallest absolute Gasteiger partial charge is 0.303 e. The van der Waals surface area contributed by atoms with Crippen molar-refractivity contribution in [1.29, 1.82) is 0 Å². The molecule has 0 unspecified atom stereocenters. The maximum absolute atomic E-state index is 11.1.